The molecule has 5 aliphatic rings. The topological polar surface area (TPSA) is 110 Å². The van der Waals surface area contributed by atoms with E-state index in [2.05, 4.69) is 27.4 Å². The highest BCUT2D eigenvalue weighted by Crippen LogP contribution is 2.68. The molecule has 0 aromatic carbocycles. The molecule has 4 aliphatic carbocycles. The van der Waals surface area contributed by atoms with E-state index in [1.54, 1.807) is 11.8 Å². The van der Waals surface area contributed by atoms with E-state index < -0.39 is 29.1 Å². The van der Waals surface area contributed by atoms with Crippen LogP contribution in [0, 0.1) is 51.8 Å². The Morgan fingerprint density at radius 1 is 1.19 bits per heavy atom. The average molecular weight is 603 g/mol. The first-order valence-electron chi connectivity index (χ1n) is 16.4. The summed E-state index contributed by atoms with van der Waals surface area (Å²) in [7, 11) is 0. The maximum atomic E-state index is 13.6. The van der Waals surface area contributed by atoms with Gasteiger partial charge in [0.25, 0.3) is 0 Å². The Labute approximate surface area is 257 Å². The van der Waals surface area contributed by atoms with E-state index in [1.807, 2.05) is 31.7 Å². The molecule has 5 fully saturated rings. The summed E-state index contributed by atoms with van der Waals surface area (Å²) < 4.78 is 6.43. The second kappa shape index (κ2) is 11.5. The Balaban J connectivity index is 1.27. The normalized spacial score (nSPS) is 45.6. The predicted molar refractivity (Wildman–Crippen MR) is 166 cm³/mol. The van der Waals surface area contributed by atoms with Crippen molar-refractivity contribution in [3.05, 3.63) is 12.7 Å². The van der Waals surface area contributed by atoms with Crippen molar-refractivity contribution in [2.24, 2.45) is 57.5 Å². The third-order valence-electron chi connectivity index (χ3n) is 13.0. The van der Waals surface area contributed by atoms with Crippen LogP contribution < -0.4 is 5.73 Å². The number of Topliss-reactive ketones (excluding diaryl/α,β-unsaturated/α-hetero) is 1. The molecule has 8 heteroatoms. The molecule has 7 nitrogen and oxygen atoms in total. The number of aliphatic hydroxyl groups is 1. The van der Waals surface area contributed by atoms with E-state index in [9.17, 15) is 19.5 Å². The molecule has 1 heterocycles. The van der Waals surface area contributed by atoms with E-state index >= 15 is 0 Å². The van der Waals surface area contributed by atoms with Crippen LogP contribution in [0.15, 0.2) is 12.7 Å². The second-order valence-corrected chi connectivity index (χ2v) is 16.8. The Hall–Kier alpha value is -1.38. The molecule has 42 heavy (non-hydrogen) atoms. The zero-order valence-electron chi connectivity index (χ0n) is 26.6. The molecule has 1 aliphatic heterocycles. The lowest BCUT2D eigenvalue weighted by Gasteiger charge is -2.61. The van der Waals surface area contributed by atoms with Gasteiger partial charge in [0.05, 0.1) is 17.9 Å². The first kappa shape index (κ1) is 32.0. The maximum absolute atomic E-state index is 13.6. The lowest BCUT2D eigenvalue weighted by molar-refractivity contribution is -0.205. The molecule has 0 aromatic rings. The largest absolute Gasteiger partial charge is 0.461 e. The maximum Gasteiger partial charge on any atom is 0.316 e. The number of nitrogens with two attached hydrogens (primary N) is 1. The Morgan fingerprint density at radius 3 is 2.43 bits per heavy atom. The van der Waals surface area contributed by atoms with E-state index in [4.69, 9.17) is 10.5 Å². The molecule has 2 bridgehead atoms. The van der Waals surface area contributed by atoms with Gasteiger partial charge in [-0.15, -0.1) is 18.3 Å². The van der Waals surface area contributed by atoms with Gasteiger partial charge in [-0.2, -0.15) is 0 Å². The van der Waals surface area contributed by atoms with Gasteiger partial charge in [0.2, 0.25) is 5.91 Å². The summed E-state index contributed by atoms with van der Waals surface area (Å²) in [6, 6.07) is -0.442. The summed E-state index contributed by atoms with van der Waals surface area (Å²) in [5, 5.41) is 12.1. The van der Waals surface area contributed by atoms with Gasteiger partial charge < -0.3 is 20.5 Å². The summed E-state index contributed by atoms with van der Waals surface area (Å²) >= 11 is 1.68. The number of carbonyl (C=O) groups is 3. The monoisotopic (exact) mass is 602 g/mol. The fraction of sp³-hybridized carbons (Fsp3) is 0.853. The Morgan fingerprint density at radius 2 is 1.83 bits per heavy atom. The first-order chi connectivity index (χ1) is 19.7. The van der Waals surface area contributed by atoms with Crippen molar-refractivity contribution >= 4 is 29.4 Å². The quantitative estimate of drug-likeness (QED) is 0.317. The Kier molecular flexibility index (Phi) is 8.78. The van der Waals surface area contributed by atoms with Gasteiger partial charge in [0, 0.05) is 41.5 Å². The van der Waals surface area contributed by atoms with Crippen LogP contribution >= 0.6 is 11.8 Å². The molecule has 4 saturated carbocycles. The summed E-state index contributed by atoms with van der Waals surface area (Å²) in [5.41, 5.74) is 4.76. The number of esters is 1. The predicted octanol–water partition coefficient (Wildman–Crippen LogP) is 4.85. The zero-order valence-corrected chi connectivity index (χ0v) is 27.5. The molecule has 1 amide bonds. The van der Waals surface area contributed by atoms with Crippen LogP contribution in [0.25, 0.3) is 0 Å². The van der Waals surface area contributed by atoms with Crippen LogP contribution in [0.5, 0.6) is 0 Å². The van der Waals surface area contributed by atoms with E-state index in [0.29, 0.717) is 29.9 Å². The van der Waals surface area contributed by atoms with Gasteiger partial charge in [-0.3, -0.25) is 14.4 Å². The number of thioether (sulfide) groups is 1. The fourth-order valence-electron chi connectivity index (χ4n) is 9.94. The zero-order chi connectivity index (χ0) is 30.8. The number of ether oxygens (including phenoxy) is 1. The van der Waals surface area contributed by atoms with Gasteiger partial charge >= 0.3 is 5.97 Å². The van der Waals surface area contributed by atoms with Gasteiger partial charge in [0.15, 0.2) is 0 Å². The second-order valence-electron chi connectivity index (χ2n) is 15.5. The molecule has 236 valence electrons. The number of ketones is 1. The van der Waals surface area contributed by atoms with Gasteiger partial charge in [-0.1, -0.05) is 47.6 Å². The number of likely N-dealkylation sites (tertiary alicyclic amines) is 1. The number of carbonyl (C=O) groups excluding carboxylic acids is 3. The van der Waals surface area contributed by atoms with Gasteiger partial charge in [-0.25, -0.2) is 0 Å². The SMILES string of the molecule is C=C[C@]1(C)C[C@@H](OC(=O)CSC2CC3CN(C(=O)[C@H](N)C(C)C)CC3C2)[C@]2(C)[C@H](C)CC[C@]3(CCC(=O)[C@H]32)[C@@H](C)[C@@H]1O. The summed E-state index contributed by atoms with van der Waals surface area (Å²) in [6.45, 7) is 18.2. The number of nitrogens with zero attached hydrogens (tertiary/aromatic N) is 1. The lowest BCUT2D eigenvalue weighted by Crippen LogP contribution is -2.63. The van der Waals surface area contributed by atoms with Crippen molar-refractivity contribution < 1.29 is 24.2 Å². The number of hydrogen-bond acceptors (Lipinski definition) is 7. The van der Waals surface area contributed by atoms with Crippen molar-refractivity contribution in [3.63, 3.8) is 0 Å². The van der Waals surface area contributed by atoms with Crippen LogP contribution in [0.4, 0.5) is 0 Å². The fourth-order valence-corrected chi connectivity index (χ4v) is 11.1. The number of aliphatic hydroxyl groups excluding tert-OH is 1. The van der Waals surface area contributed by atoms with Crippen molar-refractivity contribution in [1.29, 1.82) is 0 Å². The minimum atomic E-state index is -0.656. The molecule has 0 spiro atoms. The molecular weight excluding hydrogens is 548 g/mol. The minimum Gasteiger partial charge on any atom is -0.461 e. The van der Waals surface area contributed by atoms with Crippen LogP contribution in [0.2, 0.25) is 0 Å². The molecule has 3 N–H and O–H groups in total. The third-order valence-corrected chi connectivity index (χ3v) is 14.3. The molecule has 5 rings (SSSR count). The highest BCUT2D eigenvalue weighted by molar-refractivity contribution is 8.00. The molecule has 0 radical (unpaired) electrons. The number of fused-ring (bicyclic) bond motifs is 1. The van der Waals surface area contributed by atoms with Crippen molar-refractivity contribution in [3.8, 4) is 0 Å². The smallest absolute Gasteiger partial charge is 0.316 e. The highest BCUT2D eigenvalue weighted by Gasteiger charge is 2.68. The van der Waals surface area contributed by atoms with Crippen molar-refractivity contribution in [2.45, 2.75) is 110 Å². The van der Waals surface area contributed by atoms with E-state index in [-0.39, 0.29) is 52.5 Å². The summed E-state index contributed by atoms with van der Waals surface area (Å²) in [5.74, 6) is 1.43. The van der Waals surface area contributed by atoms with E-state index in [0.717, 1.165) is 45.2 Å². The standard InChI is InChI=1S/C34H54N2O5S/c1-8-32(6)15-26(33(7)20(4)9-11-34(21(5)30(32)39)12-10-25(37)29(33)34)41-27(38)18-42-24-13-22-16-36(17-23(22)14-24)31(40)28(35)19(2)3/h8,19-24,26,28-30,39H,1,9-18,35H2,2-7H3/t20-,21+,22?,23?,24?,26-,28-,29+,30+,32-,33+,34+/m1/s1. The van der Waals surface area contributed by atoms with Crippen LogP contribution in [0.1, 0.15) is 86.5 Å². The van der Waals surface area contributed by atoms with Crippen LogP contribution in [0.3, 0.4) is 0 Å². The van der Waals surface area contributed by atoms with E-state index in [1.165, 1.54) is 0 Å². The third kappa shape index (κ3) is 5.09. The Bertz CT molecular complexity index is 1080. The minimum absolute atomic E-state index is 0.0369. The van der Waals surface area contributed by atoms with Crippen LogP contribution in [-0.2, 0) is 19.1 Å². The molecule has 0 aromatic heterocycles. The molecule has 11 atom stereocenters. The van der Waals surface area contributed by atoms with Crippen molar-refractivity contribution in [2.75, 3.05) is 18.8 Å². The van der Waals surface area contributed by atoms with Gasteiger partial charge in [-0.05, 0) is 73.5 Å². The first-order valence-corrected chi connectivity index (χ1v) is 17.4. The number of rotatable bonds is 7. The molecular formula is C34H54N2O5S. The number of amides is 1. The average Bonchev–Trinajstić information content (AvgIpc) is 3.63. The van der Waals surface area contributed by atoms with Crippen molar-refractivity contribution in [1.82, 2.24) is 4.90 Å². The molecule has 2 unspecified atom stereocenters. The number of hydrogen-bond donors (Lipinski definition) is 2. The summed E-state index contributed by atoms with van der Waals surface area (Å²) in [4.78, 5) is 41.8. The lowest BCUT2D eigenvalue weighted by atomic mass is 9.44. The molecule has 1 saturated heterocycles. The van der Waals surface area contributed by atoms with Crippen LogP contribution in [-0.4, -0.2) is 70.0 Å². The van der Waals surface area contributed by atoms with Gasteiger partial charge in [0.1, 0.15) is 11.9 Å². The highest BCUT2D eigenvalue weighted by atomic mass is 32.2. The summed E-state index contributed by atoms with van der Waals surface area (Å²) in [6.07, 6.45) is 6.44.